The van der Waals surface area contributed by atoms with Crippen molar-refractivity contribution >= 4 is 43.2 Å². The zero-order valence-corrected chi connectivity index (χ0v) is 17.4. The second-order valence-electron chi connectivity index (χ2n) is 6.81. The van der Waals surface area contributed by atoms with E-state index in [9.17, 15) is 18.0 Å². The first-order valence-electron chi connectivity index (χ1n) is 8.68. The summed E-state index contributed by atoms with van der Waals surface area (Å²) in [5.41, 5.74) is 1.12. The Morgan fingerprint density at radius 2 is 1.89 bits per heavy atom. The molecule has 2 N–H and O–H groups in total. The lowest BCUT2D eigenvalue weighted by molar-refractivity contribution is 0.0950. The summed E-state index contributed by atoms with van der Waals surface area (Å²) in [6.45, 7) is 4.44. The molecule has 1 amide bonds. The van der Waals surface area contributed by atoms with Crippen molar-refractivity contribution in [3.05, 3.63) is 57.7 Å². The van der Waals surface area contributed by atoms with E-state index < -0.39 is 10.0 Å². The number of thiazole rings is 1. The van der Waals surface area contributed by atoms with Gasteiger partial charge in [0.15, 0.2) is 0 Å². The minimum Gasteiger partial charge on any atom is -0.352 e. The maximum Gasteiger partial charge on any atom is 0.307 e. The Balaban J connectivity index is 1.93. The first-order chi connectivity index (χ1) is 13.2. The molecule has 1 aromatic heterocycles. The van der Waals surface area contributed by atoms with Crippen LogP contribution in [0.1, 0.15) is 24.2 Å². The lowest BCUT2D eigenvalue weighted by Crippen LogP contribution is -2.28. The van der Waals surface area contributed by atoms with Crippen molar-refractivity contribution < 1.29 is 13.2 Å². The summed E-state index contributed by atoms with van der Waals surface area (Å²) in [5, 5.41) is 2.79. The Bertz CT molecular complexity index is 1190. The molecule has 0 aliphatic rings. The molecule has 0 saturated carbocycles. The number of benzene rings is 2. The summed E-state index contributed by atoms with van der Waals surface area (Å²) in [5.74, 6) is -0.0683. The quantitative estimate of drug-likeness (QED) is 0.642. The molecule has 0 radical (unpaired) electrons. The number of para-hydroxylation sites is 1. The van der Waals surface area contributed by atoms with E-state index in [4.69, 9.17) is 0 Å². The average Bonchev–Trinajstić information content (AvgIpc) is 2.93. The van der Waals surface area contributed by atoms with Crippen LogP contribution in [0.4, 0.5) is 5.69 Å². The number of hydrogen-bond acceptors (Lipinski definition) is 5. The largest absolute Gasteiger partial charge is 0.352 e. The number of rotatable bonds is 6. The Morgan fingerprint density at radius 3 is 2.61 bits per heavy atom. The Kier molecular flexibility index (Phi) is 5.57. The van der Waals surface area contributed by atoms with Crippen molar-refractivity contribution in [2.75, 3.05) is 11.3 Å². The van der Waals surface area contributed by atoms with E-state index in [-0.39, 0.29) is 32.8 Å². The van der Waals surface area contributed by atoms with Crippen LogP contribution in [0.3, 0.4) is 0 Å². The van der Waals surface area contributed by atoms with Crippen LogP contribution in [0.15, 0.2) is 52.2 Å². The van der Waals surface area contributed by atoms with Gasteiger partial charge < -0.3 is 9.88 Å². The van der Waals surface area contributed by atoms with Crippen molar-refractivity contribution in [1.29, 1.82) is 0 Å². The molecule has 0 aliphatic heterocycles. The van der Waals surface area contributed by atoms with Crippen LogP contribution in [-0.4, -0.2) is 25.4 Å². The molecule has 0 bridgehead atoms. The fraction of sp³-hybridized carbons (Fsp3) is 0.263. The van der Waals surface area contributed by atoms with Crippen molar-refractivity contribution in [3.63, 3.8) is 0 Å². The number of nitrogens with zero attached hydrogens (tertiary/aromatic N) is 1. The first kappa shape index (κ1) is 20.1. The van der Waals surface area contributed by atoms with Crippen LogP contribution in [0.25, 0.3) is 10.2 Å². The number of aromatic nitrogens is 1. The summed E-state index contributed by atoms with van der Waals surface area (Å²) < 4.78 is 30.3. The molecule has 148 valence electrons. The maximum atomic E-state index is 12.9. The maximum absolute atomic E-state index is 12.9. The highest BCUT2D eigenvalue weighted by atomic mass is 32.2. The second-order valence-corrected chi connectivity index (χ2v) is 9.49. The molecule has 0 atom stereocenters. The zero-order valence-electron chi connectivity index (χ0n) is 15.7. The van der Waals surface area contributed by atoms with E-state index in [0.29, 0.717) is 16.8 Å². The molecule has 3 rings (SSSR count). The second kappa shape index (κ2) is 7.76. The van der Waals surface area contributed by atoms with Gasteiger partial charge in [-0.15, -0.1) is 0 Å². The molecule has 3 aromatic rings. The van der Waals surface area contributed by atoms with Gasteiger partial charge in [0, 0.05) is 13.6 Å². The van der Waals surface area contributed by atoms with Crippen molar-refractivity contribution in [2.24, 2.45) is 13.0 Å². The lowest BCUT2D eigenvalue weighted by atomic mass is 10.1. The number of amides is 1. The topological polar surface area (TPSA) is 97.3 Å². The fourth-order valence-corrected chi connectivity index (χ4v) is 4.75. The minimum atomic E-state index is -3.93. The van der Waals surface area contributed by atoms with Gasteiger partial charge in [-0.3, -0.25) is 14.3 Å². The van der Waals surface area contributed by atoms with E-state index in [0.717, 1.165) is 11.3 Å². The SMILES string of the molecule is CC(C)CNC(=O)c1ccccc1NS(=O)(=O)c1ccc2c(c1)sc(=O)n2C. The predicted octanol–water partition coefficient (Wildman–Crippen LogP) is 2.79. The van der Waals surface area contributed by atoms with Crippen molar-refractivity contribution in [2.45, 2.75) is 18.7 Å². The summed E-state index contributed by atoms with van der Waals surface area (Å²) in [6.07, 6.45) is 0. The van der Waals surface area contributed by atoms with Crippen molar-refractivity contribution in [3.8, 4) is 0 Å². The van der Waals surface area contributed by atoms with E-state index in [1.165, 1.54) is 16.7 Å². The normalized spacial score (nSPS) is 11.7. The summed E-state index contributed by atoms with van der Waals surface area (Å²) in [4.78, 5) is 24.1. The summed E-state index contributed by atoms with van der Waals surface area (Å²) in [7, 11) is -2.29. The molecule has 0 saturated heterocycles. The van der Waals surface area contributed by atoms with Gasteiger partial charge >= 0.3 is 4.87 Å². The van der Waals surface area contributed by atoms with Gasteiger partial charge in [0.05, 0.1) is 26.4 Å². The molecule has 9 heteroatoms. The third-order valence-electron chi connectivity index (χ3n) is 4.16. The zero-order chi connectivity index (χ0) is 20.5. The standard InChI is InChI=1S/C19H21N3O4S2/c1-12(2)11-20-18(23)14-6-4-5-7-15(14)21-28(25,26)13-8-9-16-17(10-13)27-19(24)22(16)3/h4-10,12,21H,11H2,1-3H3,(H,20,23). The van der Waals surface area contributed by atoms with Gasteiger partial charge in [-0.2, -0.15) is 0 Å². The number of fused-ring (bicyclic) bond motifs is 1. The first-order valence-corrected chi connectivity index (χ1v) is 11.0. The highest BCUT2D eigenvalue weighted by Gasteiger charge is 2.20. The van der Waals surface area contributed by atoms with Gasteiger partial charge in [0.25, 0.3) is 15.9 Å². The Morgan fingerprint density at radius 1 is 1.18 bits per heavy atom. The Labute approximate surface area is 167 Å². The van der Waals surface area contributed by atoms with Gasteiger partial charge in [-0.05, 0) is 36.2 Å². The predicted molar refractivity (Wildman–Crippen MR) is 111 cm³/mol. The van der Waals surface area contributed by atoms with Gasteiger partial charge in [0.1, 0.15) is 0 Å². The number of carbonyl (C=O) groups is 1. The smallest absolute Gasteiger partial charge is 0.307 e. The molecule has 0 aliphatic carbocycles. The van der Waals surface area contributed by atoms with E-state index >= 15 is 0 Å². The molecule has 2 aromatic carbocycles. The van der Waals surface area contributed by atoms with E-state index in [2.05, 4.69) is 10.0 Å². The van der Waals surface area contributed by atoms with Gasteiger partial charge in [-0.25, -0.2) is 8.42 Å². The molecule has 0 unspecified atom stereocenters. The summed E-state index contributed by atoms with van der Waals surface area (Å²) >= 11 is 0.984. The highest BCUT2D eigenvalue weighted by Crippen LogP contribution is 2.24. The van der Waals surface area contributed by atoms with Crippen LogP contribution in [0.2, 0.25) is 0 Å². The molecule has 0 spiro atoms. The number of anilines is 1. The lowest BCUT2D eigenvalue weighted by Gasteiger charge is -2.13. The van der Waals surface area contributed by atoms with Gasteiger partial charge in [0.2, 0.25) is 0 Å². The van der Waals surface area contributed by atoms with Gasteiger partial charge in [-0.1, -0.05) is 37.3 Å². The number of sulfonamides is 1. The van der Waals surface area contributed by atoms with Crippen LogP contribution in [0, 0.1) is 5.92 Å². The van der Waals surface area contributed by atoms with Crippen LogP contribution >= 0.6 is 11.3 Å². The van der Waals surface area contributed by atoms with E-state index in [1.807, 2.05) is 13.8 Å². The molecular weight excluding hydrogens is 398 g/mol. The third-order valence-corrected chi connectivity index (χ3v) is 6.52. The third kappa shape index (κ3) is 4.10. The monoisotopic (exact) mass is 419 g/mol. The van der Waals surface area contributed by atoms with Crippen LogP contribution < -0.4 is 14.9 Å². The van der Waals surface area contributed by atoms with Crippen LogP contribution in [0.5, 0.6) is 0 Å². The number of aryl methyl sites for hydroxylation is 1. The van der Waals surface area contributed by atoms with E-state index in [1.54, 1.807) is 37.4 Å². The molecular formula is C19H21N3O4S2. The number of hydrogen-bond donors (Lipinski definition) is 2. The Hall–Kier alpha value is -2.65. The summed E-state index contributed by atoms with van der Waals surface area (Å²) in [6, 6.07) is 11.0. The van der Waals surface area contributed by atoms with Crippen molar-refractivity contribution in [1.82, 2.24) is 9.88 Å². The molecule has 28 heavy (non-hydrogen) atoms. The highest BCUT2D eigenvalue weighted by molar-refractivity contribution is 7.92. The fourth-order valence-electron chi connectivity index (χ4n) is 2.65. The average molecular weight is 420 g/mol. The number of carbonyl (C=O) groups excluding carboxylic acids is 1. The van der Waals surface area contributed by atoms with Crippen LogP contribution in [-0.2, 0) is 17.1 Å². The molecule has 7 nitrogen and oxygen atoms in total. The molecule has 1 heterocycles. The minimum absolute atomic E-state index is 0.0271. The number of nitrogens with one attached hydrogen (secondary N) is 2. The molecule has 0 fully saturated rings.